The lowest BCUT2D eigenvalue weighted by molar-refractivity contribution is 0.184. The van der Waals surface area contributed by atoms with E-state index < -0.39 is 6.10 Å². The van der Waals surface area contributed by atoms with Crippen LogP contribution in [0.1, 0.15) is 25.0 Å². The first kappa shape index (κ1) is 10.2. The molecule has 1 atom stereocenters. The number of pyridine rings is 1. The van der Waals surface area contributed by atoms with Gasteiger partial charge < -0.3 is 5.11 Å². The lowest BCUT2D eigenvalue weighted by Crippen LogP contribution is -1.96. The standard InChI is InChI=1S/C12H11NOS/c1-2-3-4-11(14)9-7-12-10(13-8-9)5-6-15-12/h5-8,11,14H,4H2,1H3. The van der Waals surface area contributed by atoms with Crippen LogP contribution in [0.5, 0.6) is 0 Å². The number of aromatic nitrogens is 1. The predicted octanol–water partition coefficient (Wildman–Crippen LogP) is 2.74. The Morgan fingerprint density at radius 1 is 1.60 bits per heavy atom. The quantitative estimate of drug-likeness (QED) is 0.785. The second-order valence-electron chi connectivity index (χ2n) is 3.22. The van der Waals surface area contributed by atoms with E-state index in [9.17, 15) is 5.11 Å². The van der Waals surface area contributed by atoms with Crippen LogP contribution in [0.3, 0.4) is 0 Å². The molecule has 1 N–H and O–H groups in total. The summed E-state index contributed by atoms with van der Waals surface area (Å²) in [4.78, 5) is 4.27. The summed E-state index contributed by atoms with van der Waals surface area (Å²) in [5.41, 5.74) is 1.82. The molecule has 1 unspecified atom stereocenters. The minimum atomic E-state index is -0.531. The molecular weight excluding hydrogens is 206 g/mol. The van der Waals surface area contributed by atoms with Gasteiger partial charge in [0.15, 0.2) is 0 Å². The van der Waals surface area contributed by atoms with Crippen molar-refractivity contribution in [1.29, 1.82) is 0 Å². The molecule has 0 aliphatic heterocycles. The van der Waals surface area contributed by atoms with Crippen molar-refractivity contribution in [1.82, 2.24) is 4.98 Å². The average molecular weight is 217 g/mol. The highest BCUT2D eigenvalue weighted by Crippen LogP contribution is 2.23. The predicted molar refractivity (Wildman–Crippen MR) is 62.6 cm³/mol. The zero-order valence-electron chi connectivity index (χ0n) is 8.40. The number of thiophene rings is 1. The molecule has 15 heavy (non-hydrogen) atoms. The molecule has 0 bridgehead atoms. The second kappa shape index (κ2) is 4.43. The molecule has 0 aliphatic carbocycles. The van der Waals surface area contributed by atoms with Crippen LogP contribution in [-0.2, 0) is 0 Å². The summed E-state index contributed by atoms with van der Waals surface area (Å²) >= 11 is 1.63. The molecule has 0 spiro atoms. The van der Waals surface area contributed by atoms with Gasteiger partial charge in [-0.3, -0.25) is 4.98 Å². The van der Waals surface area contributed by atoms with E-state index in [1.54, 1.807) is 24.5 Å². The van der Waals surface area contributed by atoms with Crippen molar-refractivity contribution in [3.8, 4) is 11.8 Å². The molecule has 0 aromatic carbocycles. The highest BCUT2D eigenvalue weighted by Gasteiger charge is 2.07. The van der Waals surface area contributed by atoms with Gasteiger partial charge in [0.05, 0.1) is 16.3 Å². The third-order valence-electron chi connectivity index (χ3n) is 2.18. The van der Waals surface area contributed by atoms with Gasteiger partial charge in [0.25, 0.3) is 0 Å². The van der Waals surface area contributed by atoms with Gasteiger partial charge in [-0.1, -0.05) is 0 Å². The molecule has 0 aliphatic rings. The largest absolute Gasteiger partial charge is 0.387 e. The molecule has 0 amide bonds. The number of aliphatic hydroxyl groups is 1. The third-order valence-corrected chi connectivity index (χ3v) is 3.03. The zero-order valence-corrected chi connectivity index (χ0v) is 9.21. The summed E-state index contributed by atoms with van der Waals surface area (Å²) in [5, 5.41) is 11.8. The first-order valence-corrected chi connectivity index (χ1v) is 5.60. The SMILES string of the molecule is CC#CCC(O)c1cnc2ccsc2c1. The van der Waals surface area contributed by atoms with Gasteiger partial charge in [0.1, 0.15) is 0 Å². The summed E-state index contributed by atoms with van der Waals surface area (Å²) < 4.78 is 1.11. The molecule has 0 saturated carbocycles. The highest BCUT2D eigenvalue weighted by atomic mass is 32.1. The van der Waals surface area contributed by atoms with Crippen molar-refractivity contribution in [2.75, 3.05) is 0 Å². The topological polar surface area (TPSA) is 33.1 Å². The maximum absolute atomic E-state index is 9.81. The maximum Gasteiger partial charge on any atom is 0.0914 e. The van der Waals surface area contributed by atoms with Crippen LogP contribution in [0, 0.1) is 11.8 Å². The monoisotopic (exact) mass is 217 g/mol. The number of hydrogen-bond donors (Lipinski definition) is 1. The van der Waals surface area contributed by atoms with E-state index in [2.05, 4.69) is 16.8 Å². The Kier molecular flexibility index (Phi) is 3.00. The van der Waals surface area contributed by atoms with Gasteiger partial charge in [-0.25, -0.2) is 0 Å². The van der Waals surface area contributed by atoms with Crippen LogP contribution in [0.15, 0.2) is 23.7 Å². The number of fused-ring (bicyclic) bond motifs is 1. The van der Waals surface area contributed by atoms with Crippen LogP contribution in [0.4, 0.5) is 0 Å². The fourth-order valence-corrected chi connectivity index (χ4v) is 2.15. The molecule has 2 rings (SSSR count). The Morgan fingerprint density at radius 3 is 3.27 bits per heavy atom. The molecule has 3 heteroatoms. The summed E-state index contributed by atoms with van der Waals surface area (Å²) in [5.74, 6) is 5.64. The summed E-state index contributed by atoms with van der Waals surface area (Å²) in [6.07, 6.45) is 1.66. The summed E-state index contributed by atoms with van der Waals surface area (Å²) in [6.45, 7) is 1.77. The van der Waals surface area contributed by atoms with Crippen molar-refractivity contribution < 1.29 is 5.11 Å². The van der Waals surface area contributed by atoms with Crippen LogP contribution >= 0.6 is 11.3 Å². The van der Waals surface area contributed by atoms with Gasteiger partial charge in [0.2, 0.25) is 0 Å². The average Bonchev–Trinajstić information content (AvgIpc) is 2.72. The van der Waals surface area contributed by atoms with Gasteiger partial charge in [-0.05, 0) is 24.4 Å². The Bertz CT molecular complexity index is 521. The highest BCUT2D eigenvalue weighted by molar-refractivity contribution is 7.17. The van der Waals surface area contributed by atoms with Crippen LogP contribution < -0.4 is 0 Å². The van der Waals surface area contributed by atoms with E-state index in [4.69, 9.17) is 0 Å². The zero-order chi connectivity index (χ0) is 10.7. The molecule has 2 heterocycles. The summed E-state index contributed by atoms with van der Waals surface area (Å²) in [6, 6.07) is 3.96. The molecule has 2 nitrogen and oxygen atoms in total. The molecule has 0 saturated heterocycles. The van der Waals surface area contributed by atoms with E-state index in [-0.39, 0.29) is 0 Å². The first-order valence-electron chi connectivity index (χ1n) is 4.72. The van der Waals surface area contributed by atoms with E-state index in [0.29, 0.717) is 6.42 Å². The molecule has 2 aromatic heterocycles. The van der Waals surface area contributed by atoms with Gasteiger partial charge in [-0.2, -0.15) is 0 Å². The lowest BCUT2D eigenvalue weighted by atomic mass is 10.1. The van der Waals surface area contributed by atoms with Crippen LogP contribution in [0.2, 0.25) is 0 Å². The Balaban J connectivity index is 2.29. The number of hydrogen-bond acceptors (Lipinski definition) is 3. The molecule has 0 radical (unpaired) electrons. The van der Waals surface area contributed by atoms with Gasteiger partial charge >= 0.3 is 0 Å². The van der Waals surface area contributed by atoms with E-state index in [1.807, 2.05) is 17.5 Å². The minimum absolute atomic E-state index is 0.467. The lowest BCUT2D eigenvalue weighted by Gasteiger charge is -2.06. The summed E-state index contributed by atoms with van der Waals surface area (Å²) in [7, 11) is 0. The fraction of sp³-hybridized carbons (Fsp3) is 0.250. The van der Waals surface area contributed by atoms with Gasteiger partial charge in [-0.15, -0.1) is 23.2 Å². The Morgan fingerprint density at radius 2 is 2.47 bits per heavy atom. The van der Waals surface area contributed by atoms with E-state index in [0.717, 1.165) is 15.8 Å². The number of aliphatic hydroxyl groups excluding tert-OH is 1. The maximum atomic E-state index is 9.81. The van der Waals surface area contributed by atoms with Crippen molar-refractivity contribution >= 4 is 21.6 Å². The first-order chi connectivity index (χ1) is 7.31. The van der Waals surface area contributed by atoms with Crippen molar-refractivity contribution in [3.63, 3.8) is 0 Å². The van der Waals surface area contributed by atoms with Gasteiger partial charge in [0, 0.05) is 18.2 Å². The molecule has 0 fully saturated rings. The number of rotatable bonds is 2. The Hall–Kier alpha value is -1.37. The van der Waals surface area contributed by atoms with E-state index >= 15 is 0 Å². The Labute approximate surface area is 92.6 Å². The molecule has 2 aromatic rings. The number of nitrogens with zero attached hydrogens (tertiary/aromatic N) is 1. The van der Waals surface area contributed by atoms with Crippen LogP contribution in [-0.4, -0.2) is 10.1 Å². The van der Waals surface area contributed by atoms with Crippen molar-refractivity contribution in [2.24, 2.45) is 0 Å². The minimum Gasteiger partial charge on any atom is -0.387 e. The smallest absolute Gasteiger partial charge is 0.0914 e. The molecule has 76 valence electrons. The van der Waals surface area contributed by atoms with E-state index in [1.165, 1.54) is 0 Å². The third kappa shape index (κ3) is 2.17. The second-order valence-corrected chi connectivity index (χ2v) is 4.17. The van der Waals surface area contributed by atoms with Crippen LogP contribution in [0.25, 0.3) is 10.2 Å². The van der Waals surface area contributed by atoms with Crippen molar-refractivity contribution in [3.05, 3.63) is 29.3 Å². The fourth-order valence-electron chi connectivity index (χ4n) is 1.36. The van der Waals surface area contributed by atoms with Crippen molar-refractivity contribution in [2.45, 2.75) is 19.4 Å². The molecular formula is C12H11NOS. The normalized spacial score (nSPS) is 12.1.